The van der Waals surface area contributed by atoms with E-state index in [1.165, 1.54) is 5.39 Å². The number of benzene rings is 3. The molecule has 0 radical (unpaired) electrons. The van der Waals surface area contributed by atoms with Crippen LogP contribution in [0.3, 0.4) is 0 Å². The molecule has 0 aromatic heterocycles. The van der Waals surface area contributed by atoms with E-state index < -0.39 is 0 Å². The minimum Gasteiger partial charge on any atom is -0.457 e. The fourth-order valence-electron chi connectivity index (χ4n) is 2.25. The topological polar surface area (TPSA) is 112 Å². The highest BCUT2D eigenvalue weighted by Crippen LogP contribution is 2.27. The molecule has 3 aromatic rings. The van der Waals surface area contributed by atoms with Gasteiger partial charge in [0.2, 0.25) is 5.96 Å². The van der Waals surface area contributed by atoms with Crippen LogP contribution in [-0.4, -0.2) is 11.9 Å². The Balaban J connectivity index is 1.77. The Kier molecular flexibility index (Phi) is 4.29. The fraction of sp³-hybridized carbons (Fsp3) is 0. The number of ether oxygens (including phenoxy) is 1. The van der Waals surface area contributed by atoms with Gasteiger partial charge >= 0.3 is 0 Å². The van der Waals surface area contributed by atoms with Crippen LogP contribution < -0.4 is 21.9 Å². The number of hydrogen-bond donors (Lipinski definition) is 3. The summed E-state index contributed by atoms with van der Waals surface area (Å²) in [4.78, 5) is 7.74. The first kappa shape index (κ1) is 15.4. The van der Waals surface area contributed by atoms with Gasteiger partial charge in [-0.15, -0.1) is 0 Å². The lowest BCUT2D eigenvalue weighted by atomic mass is 10.1. The molecule has 3 rings (SSSR count). The lowest BCUT2D eigenvalue weighted by molar-refractivity contribution is 0.483. The van der Waals surface area contributed by atoms with Crippen LogP contribution in [0, 0.1) is 0 Å². The number of nitrogens with two attached hydrogens (primary N) is 3. The van der Waals surface area contributed by atoms with Gasteiger partial charge in [-0.1, -0.05) is 30.3 Å². The van der Waals surface area contributed by atoms with Crippen LogP contribution in [0.5, 0.6) is 11.5 Å². The second-order valence-electron chi connectivity index (χ2n) is 5.11. The van der Waals surface area contributed by atoms with Gasteiger partial charge in [-0.25, -0.2) is 4.99 Å². The SMILES string of the molecule is NC(N)=NC(N)=Nc1ccc(Oc2ccc3ccccc3c2)cc1. The summed E-state index contributed by atoms with van der Waals surface area (Å²) < 4.78 is 5.86. The molecule has 24 heavy (non-hydrogen) atoms. The van der Waals surface area contributed by atoms with E-state index in [9.17, 15) is 0 Å². The fourth-order valence-corrected chi connectivity index (χ4v) is 2.25. The van der Waals surface area contributed by atoms with E-state index in [4.69, 9.17) is 21.9 Å². The molecule has 0 amide bonds. The number of guanidine groups is 2. The summed E-state index contributed by atoms with van der Waals surface area (Å²) in [5.74, 6) is 1.33. The van der Waals surface area contributed by atoms with E-state index in [1.54, 1.807) is 24.3 Å². The summed E-state index contributed by atoms with van der Waals surface area (Å²) in [6.45, 7) is 0. The highest BCUT2D eigenvalue weighted by molar-refractivity contribution is 5.93. The Bertz CT molecular complexity index is 912. The van der Waals surface area contributed by atoms with Crippen molar-refractivity contribution < 1.29 is 4.74 Å². The summed E-state index contributed by atoms with van der Waals surface area (Å²) in [6.07, 6.45) is 0. The summed E-state index contributed by atoms with van der Waals surface area (Å²) in [6, 6.07) is 21.2. The van der Waals surface area contributed by atoms with Gasteiger partial charge in [0.05, 0.1) is 5.69 Å². The van der Waals surface area contributed by atoms with Crippen molar-refractivity contribution in [3.8, 4) is 11.5 Å². The largest absolute Gasteiger partial charge is 0.457 e. The Hall–Kier alpha value is -3.54. The van der Waals surface area contributed by atoms with Crippen LogP contribution in [0.4, 0.5) is 5.69 Å². The first-order chi connectivity index (χ1) is 11.6. The average molecular weight is 319 g/mol. The smallest absolute Gasteiger partial charge is 0.223 e. The summed E-state index contributed by atoms with van der Waals surface area (Å²) in [5, 5.41) is 2.30. The molecule has 6 nitrogen and oxygen atoms in total. The maximum atomic E-state index is 5.86. The van der Waals surface area contributed by atoms with Crippen LogP contribution in [0.25, 0.3) is 10.8 Å². The summed E-state index contributed by atoms with van der Waals surface area (Å²) >= 11 is 0. The molecule has 0 unspecified atom stereocenters. The number of aliphatic imine (C=N–C) groups is 2. The molecular formula is C18H17N5O. The normalized spacial score (nSPS) is 11.2. The zero-order valence-electron chi connectivity index (χ0n) is 12.9. The van der Waals surface area contributed by atoms with Crippen LogP contribution in [0.2, 0.25) is 0 Å². The summed E-state index contributed by atoms with van der Waals surface area (Å²) in [7, 11) is 0. The lowest BCUT2D eigenvalue weighted by Crippen LogP contribution is -2.26. The minimum absolute atomic E-state index is 0.00167. The molecule has 0 bridgehead atoms. The zero-order chi connectivity index (χ0) is 16.9. The third-order valence-electron chi connectivity index (χ3n) is 3.28. The first-order valence-electron chi connectivity index (χ1n) is 7.31. The average Bonchev–Trinajstić information content (AvgIpc) is 2.56. The molecule has 0 spiro atoms. The molecule has 3 aromatic carbocycles. The third kappa shape index (κ3) is 3.80. The van der Waals surface area contributed by atoms with Gasteiger partial charge in [0.25, 0.3) is 0 Å². The van der Waals surface area contributed by atoms with Crippen LogP contribution in [0.15, 0.2) is 76.7 Å². The van der Waals surface area contributed by atoms with E-state index in [2.05, 4.69) is 16.1 Å². The summed E-state index contributed by atoms with van der Waals surface area (Å²) in [5.41, 5.74) is 16.7. The third-order valence-corrected chi connectivity index (χ3v) is 3.28. The van der Waals surface area contributed by atoms with Gasteiger partial charge in [-0.2, -0.15) is 4.99 Å². The van der Waals surface area contributed by atoms with E-state index in [-0.39, 0.29) is 11.9 Å². The van der Waals surface area contributed by atoms with Crippen molar-refractivity contribution in [2.45, 2.75) is 0 Å². The van der Waals surface area contributed by atoms with Gasteiger partial charge in [-0.3, -0.25) is 0 Å². The van der Waals surface area contributed by atoms with Gasteiger partial charge in [0.15, 0.2) is 5.96 Å². The van der Waals surface area contributed by atoms with Crippen molar-refractivity contribution in [1.82, 2.24) is 0 Å². The monoisotopic (exact) mass is 319 g/mol. The molecule has 0 aliphatic carbocycles. The number of hydrogen-bond acceptors (Lipinski definition) is 2. The minimum atomic E-state index is -0.132. The predicted octanol–water partition coefficient (Wildman–Crippen LogP) is 2.85. The Morgan fingerprint density at radius 1 is 0.750 bits per heavy atom. The Morgan fingerprint density at radius 3 is 2.12 bits per heavy atom. The van der Waals surface area contributed by atoms with Gasteiger partial charge < -0.3 is 21.9 Å². The molecule has 0 saturated carbocycles. The molecule has 120 valence electrons. The Morgan fingerprint density at radius 2 is 1.42 bits per heavy atom. The maximum absolute atomic E-state index is 5.86. The molecule has 0 saturated heterocycles. The molecule has 6 N–H and O–H groups in total. The number of fused-ring (bicyclic) bond motifs is 1. The van der Waals surface area contributed by atoms with Gasteiger partial charge in [-0.05, 0) is 47.2 Å². The van der Waals surface area contributed by atoms with Gasteiger partial charge in [0, 0.05) is 0 Å². The quantitative estimate of drug-likeness (QED) is 0.509. The Labute approximate surface area is 139 Å². The highest BCUT2D eigenvalue weighted by atomic mass is 16.5. The molecule has 0 heterocycles. The molecule has 0 fully saturated rings. The van der Waals surface area contributed by atoms with E-state index in [0.29, 0.717) is 11.4 Å². The highest BCUT2D eigenvalue weighted by Gasteiger charge is 2.00. The van der Waals surface area contributed by atoms with Crippen LogP contribution in [-0.2, 0) is 0 Å². The molecule has 0 aliphatic rings. The number of nitrogens with zero attached hydrogens (tertiary/aromatic N) is 2. The van der Waals surface area contributed by atoms with Crippen molar-refractivity contribution in [1.29, 1.82) is 0 Å². The number of rotatable bonds is 3. The van der Waals surface area contributed by atoms with Gasteiger partial charge in [0.1, 0.15) is 11.5 Å². The molecule has 0 aliphatic heterocycles. The first-order valence-corrected chi connectivity index (χ1v) is 7.31. The second kappa shape index (κ2) is 6.70. The molecule has 0 atom stereocenters. The molecule has 6 heteroatoms. The van der Waals surface area contributed by atoms with E-state index in [1.807, 2.05) is 36.4 Å². The molecular weight excluding hydrogens is 302 g/mol. The van der Waals surface area contributed by atoms with E-state index >= 15 is 0 Å². The van der Waals surface area contributed by atoms with Crippen molar-refractivity contribution >= 4 is 28.4 Å². The predicted molar refractivity (Wildman–Crippen MR) is 97.6 cm³/mol. The van der Waals surface area contributed by atoms with Crippen molar-refractivity contribution in [3.63, 3.8) is 0 Å². The van der Waals surface area contributed by atoms with Crippen molar-refractivity contribution in [2.75, 3.05) is 0 Å². The second-order valence-corrected chi connectivity index (χ2v) is 5.11. The zero-order valence-corrected chi connectivity index (χ0v) is 12.9. The van der Waals surface area contributed by atoms with E-state index in [0.717, 1.165) is 11.1 Å². The van der Waals surface area contributed by atoms with Crippen molar-refractivity contribution in [3.05, 3.63) is 66.7 Å². The van der Waals surface area contributed by atoms with Crippen LogP contribution in [0.1, 0.15) is 0 Å². The maximum Gasteiger partial charge on any atom is 0.223 e. The van der Waals surface area contributed by atoms with Crippen LogP contribution >= 0.6 is 0 Å². The van der Waals surface area contributed by atoms with Crippen molar-refractivity contribution in [2.24, 2.45) is 27.2 Å². The lowest BCUT2D eigenvalue weighted by Gasteiger charge is -2.07. The standard InChI is InChI=1S/C18H17N5O/c19-17(20)23-18(21)22-14-6-9-15(10-7-14)24-16-8-5-12-3-1-2-4-13(12)11-16/h1-11H,(H6,19,20,21,22,23).